The van der Waals surface area contributed by atoms with Gasteiger partial charge in [0.15, 0.2) is 0 Å². The maximum atomic E-state index is 12.6. The van der Waals surface area contributed by atoms with Gasteiger partial charge in [-0.1, -0.05) is 37.1 Å². The number of hydrogen-bond donors (Lipinski definition) is 1. The van der Waals surface area contributed by atoms with E-state index in [1.165, 1.54) is 10.5 Å². The lowest BCUT2D eigenvalue weighted by Gasteiger charge is -2.23. The fraction of sp³-hybridized carbons (Fsp3) is 0.571. The van der Waals surface area contributed by atoms with Gasteiger partial charge in [-0.3, -0.25) is 14.5 Å². The van der Waals surface area contributed by atoms with Gasteiger partial charge in [0.05, 0.1) is 0 Å². The second-order valence-electron chi connectivity index (χ2n) is 7.61. The summed E-state index contributed by atoms with van der Waals surface area (Å²) in [5, 5.41) is 2.88. The first kappa shape index (κ1) is 19.4. The molecule has 2 fully saturated rings. The quantitative estimate of drug-likeness (QED) is 0.749. The standard InChI is InChI=1S/C21H29N3O3/c1-3-23(15-17-10-5-4-9-16(17)2)18(25)11-8-14-24-19(26)21(22-20(24)27)12-6-7-13-21/h4-5,9-10H,3,6-8,11-15H2,1-2H3,(H,22,27). The second-order valence-corrected chi connectivity index (χ2v) is 7.61. The van der Waals surface area contributed by atoms with Gasteiger partial charge in [-0.05, 0) is 44.2 Å². The number of hydrogen-bond acceptors (Lipinski definition) is 3. The minimum absolute atomic E-state index is 0.0587. The molecule has 1 N–H and O–H groups in total. The van der Waals surface area contributed by atoms with Crippen molar-refractivity contribution in [1.29, 1.82) is 0 Å². The fourth-order valence-corrected chi connectivity index (χ4v) is 4.11. The molecule has 0 aromatic heterocycles. The fourth-order valence-electron chi connectivity index (χ4n) is 4.11. The molecule has 2 aliphatic rings. The Balaban J connectivity index is 1.52. The average Bonchev–Trinajstić information content (AvgIpc) is 3.21. The normalized spacial score (nSPS) is 18.2. The van der Waals surface area contributed by atoms with E-state index in [2.05, 4.69) is 5.32 Å². The number of amides is 4. The third-order valence-electron chi connectivity index (χ3n) is 5.83. The number of urea groups is 1. The topological polar surface area (TPSA) is 69.7 Å². The van der Waals surface area contributed by atoms with Crippen LogP contribution in [-0.2, 0) is 16.1 Å². The van der Waals surface area contributed by atoms with Crippen LogP contribution in [0.1, 0.15) is 56.6 Å². The van der Waals surface area contributed by atoms with E-state index in [1.54, 1.807) is 0 Å². The second kappa shape index (κ2) is 8.11. The van der Waals surface area contributed by atoms with Crippen LogP contribution in [0, 0.1) is 6.92 Å². The molecule has 0 atom stereocenters. The summed E-state index contributed by atoms with van der Waals surface area (Å²) in [5.41, 5.74) is 1.65. The van der Waals surface area contributed by atoms with Crippen LogP contribution in [0.15, 0.2) is 24.3 Å². The molecule has 0 unspecified atom stereocenters. The summed E-state index contributed by atoms with van der Waals surface area (Å²) >= 11 is 0. The van der Waals surface area contributed by atoms with Crippen molar-refractivity contribution < 1.29 is 14.4 Å². The van der Waals surface area contributed by atoms with E-state index in [-0.39, 0.29) is 17.8 Å². The highest BCUT2D eigenvalue weighted by atomic mass is 16.2. The van der Waals surface area contributed by atoms with Gasteiger partial charge in [0.1, 0.15) is 5.54 Å². The highest BCUT2D eigenvalue weighted by molar-refractivity contribution is 6.07. The molecule has 1 aromatic carbocycles. The third-order valence-corrected chi connectivity index (χ3v) is 5.83. The number of carbonyl (C=O) groups is 3. The molecule has 0 bridgehead atoms. The van der Waals surface area contributed by atoms with Gasteiger partial charge in [0.25, 0.3) is 5.91 Å². The summed E-state index contributed by atoms with van der Waals surface area (Å²) in [5.74, 6) is -0.0481. The summed E-state index contributed by atoms with van der Waals surface area (Å²) in [4.78, 5) is 40.5. The van der Waals surface area contributed by atoms with Crippen molar-refractivity contribution in [3.05, 3.63) is 35.4 Å². The van der Waals surface area contributed by atoms with Crippen molar-refractivity contribution in [3.63, 3.8) is 0 Å². The van der Waals surface area contributed by atoms with E-state index in [0.717, 1.165) is 31.2 Å². The molecule has 146 valence electrons. The lowest BCUT2D eigenvalue weighted by atomic mass is 9.98. The molecule has 1 saturated carbocycles. The molecule has 4 amide bonds. The molecule has 1 heterocycles. The van der Waals surface area contributed by atoms with Gasteiger partial charge in [0.2, 0.25) is 5.91 Å². The molecule has 1 saturated heterocycles. The van der Waals surface area contributed by atoms with Crippen molar-refractivity contribution in [2.24, 2.45) is 0 Å². The van der Waals surface area contributed by atoms with E-state index in [4.69, 9.17) is 0 Å². The molecule has 1 spiro atoms. The van der Waals surface area contributed by atoms with Crippen LogP contribution in [0.4, 0.5) is 4.79 Å². The van der Waals surface area contributed by atoms with Gasteiger partial charge in [0, 0.05) is 26.1 Å². The molecular formula is C21H29N3O3. The lowest BCUT2D eigenvalue weighted by Crippen LogP contribution is -2.44. The molecule has 27 heavy (non-hydrogen) atoms. The van der Waals surface area contributed by atoms with Gasteiger partial charge in [-0.25, -0.2) is 4.79 Å². The highest BCUT2D eigenvalue weighted by Crippen LogP contribution is 2.35. The van der Waals surface area contributed by atoms with Gasteiger partial charge >= 0.3 is 6.03 Å². The molecule has 1 aliphatic carbocycles. The Morgan fingerprint density at radius 2 is 1.93 bits per heavy atom. The average molecular weight is 371 g/mol. The van der Waals surface area contributed by atoms with E-state index in [0.29, 0.717) is 32.5 Å². The Hall–Kier alpha value is -2.37. The maximum absolute atomic E-state index is 12.6. The largest absolute Gasteiger partial charge is 0.339 e. The Kier molecular flexibility index (Phi) is 5.82. The number of rotatable bonds is 7. The van der Waals surface area contributed by atoms with Crippen molar-refractivity contribution in [3.8, 4) is 0 Å². The summed E-state index contributed by atoms with van der Waals surface area (Å²) in [6.45, 7) is 5.55. The molecule has 0 radical (unpaired) electrons. The van der Waals surface area contributed by atoms with E-state index >= 15 is 0 Å². The van der Waals surface area contributed by atoms with Crippen LogP contribution in [0.25, 0.3) is 0 Å². The third kappa shape index (κ3) is 3.99. The van der Waals surface area contributed by atoms with Crippen LogP contribution >= 0.6 is 0 Å². The first-order chi connectivity index (χ1) is 13.0. The summed E-state index contributed by atoms with van der Waals surface area (Å²) < 4.78 is 0. The SMILES string of the molecule is CCN(Cc1ccccc1C)C(=O)CCCN1C(=O)NC2(CCCC2)C1=O. The Morgan fingerprint density at radius 1 is 1.22 bits per heavy atom. The Bertz CT molecular complexity index is 725. The first-order valence-electron chi connectivity index (χ1n) is 9.93. The number of nitrogens with zero attached hydrogens (tertiary/aromatic N) is 2. The molecule has 1 aromatic rings. The molecule has 6 nitrogen and oxygen atoms in total. The molecule has 3 rings (SSSR count). The summed E-state index contributed by atoms with van der Waals surface area (Å²) in [6.07, 6.45) is 4.24. The van der Waals surface area contributed by atoms with Crippen molar-refractivity contribution in [1.82, 2.24) is 15.1 Å². The minimum Gasteiger partial charge on any atom is -0.339 e. The van der Waals surface area contributed by atoms with Gasteiger partial charge in [-0.15, -0.1) is 0 Å². The van der Waals surface area contributed by atoms with Crippen LogP contribution in [0.5, 0.6) is 0 Å². The molecule has 6 heteroatoms. The smallest absolute Gasteiger partial charge is 0.325 e. The Morgan fingerprint density at radius 3 is 2.59 bits per heavy atom. The number of aryl methyl sites for hydroxylation is 1. The van der Waals surface area contributed by atoms with E-state index < -0.39 is 5.54 Å². The first-order valence-corrected chi connectivity index (χ1v) is 9.93. The number of nitrogens with one attached hydrogen (secondary N) is 1. The number of carbonyl (C=O) groups excluding carboxylic acids is 3. The van der Waals surface area contributed by atoms with Crippen LogP contribution < -0.4 is 5.32 Å². The Labute approximate surface area is 160 Å². The monoisotopic (exact) mass is 371 g/mol. The van der Waals surface area contributed by atoms with Gasteiger partial charge in [-0.2, -0.15) is 0 Å². The predicted molar refractivity (Wildman–Crippen MR) is 103 cm³/mol. The van der Waals surface area contributed by atoms with Crippen molar-refractivity contribution >= 4 is 17.8 Å². The van der Waals surface area contributed by atoms with E-state index in [9.17, 15) is 14.4 Å². The zero-order valence-corrected chi connectivity index (χ0v) is 16.3. The van der Waals surface area contributed by atoms with Crippen LogP contribution in [0.3, 0.4) is 0 Å². The summed E-state index contributed by atoms with van der Waals surface area (Å²) in [7, 11) is 0. The van der Waals surface area contributed by atoms with Crippen molar-refractivity contribution in [2.45, 2.75) is 64.5 Å². The van der Waals surface area contributed by atoms with Crippen LogP contribution in [0.2, 0.25) is 0 Å². The number of benzene rings is 1. The lowest BCUT2D eigenvalue weighted by molar-refractivity contribution is -0.133. The zero-order valence-electron chi connectivity index (χ0n) is 16.3. The molecule has 1 aliphatic heterocycles. The van der Waals surface area contributed by atoms with Crippen LogP contribution in [-0.4, -0.2) is 46.3 Å². The van der Waals surface area contributed by atoms with Crippen molar-refractivity contribution in [2.75, 3.05) is 13.1 Å². The zero-order chi connectivity index (χ0) is 19.4. The highest BCUT2D eigenvalue weighted by Gasteiger charge is 2.52. The minimum atomic E-state index is -0.665. The predicted octanol–water partition coefficient (Wildman–Crippen LogP) is 2.99. The molecular weight excluding hydrogens is 342 g/mol. The maximum Gasteiger partial charge on any atom is 0.325 e. The van der Waals surface area contributed by atoms with Gasteiger partial charge < -0.3 is 10.2 Å². The summed E-state index contributed by atoms with van der Waals surface area (Å²) in [6, 6.07) is 7.76. The van der Waals surface area contributed by atoms with E-state index in [1.807, 2.05) is 43.0 Å². The number of imide groups is 1.